The minimum Gasteiger partial charge on any atom is -0.494 e. The first kappa shape index (κ1) is 22.9. The van der Waals surface area contributed by atoms with E-state index in [9.17, 15) is 14.4 Å². The van der Waals surface area contributed by atoms with Gasteiger partial charge >= 0.3 is 5.97 Å². The maximum absolute atomic E-state index is 12.1. The summed E-state index contributed by atoms with van der Waals surface area (Å²) >= 11 is 0. The van der Waals surface area contributed by atoms with Gasteiger partial charge in [-0.3, -0.25) is 14.4 Å². The Labute approximate surface area is 176 Å². The molecule has 0 fully saturated rings. The molecule has 0 saturated heterocycles. The molecule has 2 aromatic rings. The fourth-order valence-electron chi connectivity index (χ4n) is 2.73. The van der Waals surface area contributed by atoms with E-state index in [-0.39, 0.29) is 12.6 Å². The Morgan fingerprint density at radius 2 is 1.63 bits per heavy atom. The molecule has 0 aliphatic rings. The number of nitrogens with one attached hydrogen (secondary N) is 2. The third-order valence-corrected chi connectivity index (χ3v) is 4.45. The van der Waals surface area contributed by atoms with Crippen LogP contribution in [0.4, 0.5) is 0 Å². The maximum atomic E-state index is 12.1. The van der Waals surface area contributed by atoms with Gasteiger partial charge in [0, 0.05) is 5.56 Å². The molecule has 2 N–H and O–H groups in total. The lowest BCUT2D eigenvalue weighted by Gasteiger charge is -2.15. The van der Waals surface area contributed by atoms with E-state index in [0.29, 0.717) is 17.9 Å². The molecule has 0 unspecified atom stereocenters. The van der Waals surface area contributed by atoms with Crippen LogP contribution in [-0.4, -0.2) is 37.5 Å². The van der Waals surface area contributed by atoms with Crippen molar-refractivity contribution in [1.29, 1.82) is 0 Å². The van der Waals surface area contributed by atoms with Crippen LogP contribution in [0.3, 0.4) is 0 Å². The highest BCUT2D eigenvalue weighted by molar-refractivity contribution is 5.96. The Bertz CT molecular complexity index is 847. The number of aryl methyl sites for hydroxylation is 1. The van der Waals surface area contributed by atoms with E-state index in [1.807, 2.05) is 38.1 Å². The summed E-state index contributed by atoms with van der Waals surface area (Å²) in [6.45, 7) is 5.61. The van der Waals surface area contributed by atoms with Crippen LogP contribution in [0.15, 0.2) is 48.5 Å². The molecule has 30 heavy (non-hydrogen) atoms. The predicted molar refractivity (Wildman–Crippen MR) is 113 cm³/mol. The first-order valence-electron chi connectivity index (χ1n) is 9.97. The standard InChI is InChI=1S/C23H28N2O5/c1-4-17-6-8-18(9-7-17)16(3)25-21(26)15-30-22(27)14-24-23(28)19-10-12-20(13-11-19)29-5-2/h6-13,16H,4-5,14-15H2,1-3H3,(H,24,28)(H,25,26)/t16-/m1/s1. The smallest absolute Gasteiger partial charge is 0.325 e. The Morgan fingerprint density at radius 3 is 2.23 bits per heavy atom. The van der Waals surface area contributed by atoms with Crippen molar-refractivity contribution in [3.8, 4) is 5.75 Å². The average Bonchev–Trinajstić information content (AvgIpc) is 2.76. The number of benzene rings is 2. The van der Waals surface area contributed by atoms with Gasteiger partial charge in [0.15, 0.2) is 6.61 Å². The molecule has 7 nitrogen and oxygen atoms in total. The SMILES string of the molecule is CCOc1ccc(C(=O)NCC(=O)OCC(=O)N[C@H](C)c2ccc(CC)cc2)cc1. The maximum Gasteiger partial charge on any atom is 0.325 e. The number of carbonyl (C=O) groups is 3. The van der Waals surface area contributed by atoms with Gasteiger partial charge < -0.3 is 20.1 Å². The quantitative estimate of drug-likeness (QED) is 0.586. The number of esters is 1. The van der Waals surface area contributed by atoms with Gasteiger partial charge in [0.1, 0.15) is 12.3 Å². The first-order chi connectivity index (χ1) is 14.4. The Kier molecular flexibility index (Phi) is 8.87. The van der Waals surface area contributed by atoms with E-state index in [1.165, 1.54) is 5.56 Å². The zero-order valence-corrected chi connectivity index (χ0v) is 17.6. The zero-order valence-electron chi connectivity index (χ0n) is 17.6. The fraction of sp³-hybridized carbons (Fsp3) is 0.348. The fourth-order valence-corrected chi connectivity index (χ4v) is 2.73. The molecule has 2 aromatic carbocycles. The van der Waals surface area contributed by atoms with Crippen molar-refractivity contribution in [2.24, 2.45) is 0 Å². The molecule has 160 valence electrons. The molecular formula is C23H28N2O5. The number of hydrogen-bond acceptors (Lipinski definition) is 5. The summed E-state index contributed by atoms with van der Waals surface area (Å²) < 4.78 is 10.2. The van der Waals surface area contributed by atoms with Crippen molar-refractivity contribution >= 4 is 17.8 Å². The second-order valence-corrected chi connectivity index (χ2v) is 6.69. The first-order valence-corrected chi connectivity index (χ1v) is 9.97. The summed E-state index contributed by atoms with van der Waals surface area (Å²) in [5.41, 5.74) is 2.58. The monoisotopic (exact) mass is 412 g/mol. The third kappa shape index (κ3) is 7.24. The molecule has 0 aliphatic carbocycles. The Hall–Kier alpha value is -3.35. The van der Waals surface area contributed by atoms with E-state index >= 15 is 0 Å². The molecule has 2 rings (SSSR count). The van der Waals surface area contributed by atoms with Crippen LogP contribution in [0, 0.1) is 0 Å². The van der Waals surface area contributed by atoms with Gasteiger partial charge in [-0.2, -0.15) is 0 Å². The van der Waals surface area contributed by atoms with Gasteiger partial charge in [0.05, 0.1) is 12.6 Å². The number of hydrogen-bond donors (Lipinski definition) is 2. The van der Waals surface area contributed by atoms with Crippen molar-refractivity contribution in [1.82, 2.24) is 10.6 Å². The number of rotatable bonds is 10. The molecule has 1 atom stereocenters. The molecule has 0 spiro atoms. The summed E-state index contributed by atoms with van der Waals surface area (Å²) in [5, 5.41) is 5.25. The van der Waals surface area contributed by atoms with Gasteiger partial charge in [0.25, 0.3) is 11.8 Å². The van der Waals surface area contributed by atoms with Gasteiger partial charge in [-0.05, 0) is 55.7 Å². The van der Waals surface area contributed by atoms with Crippen LogP contribution in [0.5, 0.6) is 5.75 Å². The summed E-state index contributed by atoms with van der Waals surface area (Å²) in [6.07, 6.45) is 0.950. The van der Waals surface area contributed by atoms with E-state index in [1.54, 1.807) is 24.3 Å². The lowest BCUT2D eigenvalue weighted by Crippen LogP contribution is -2.34. The number of amides is 2. The van der Waals surface area contributed by atoms with Crippen LogP contribution in [-0.2, 0) is 20.7 Å². The van der Waals surface area contributed by atoms with Crippen molar-refractivity contribution in [2.45, 2.75) is 33.2 Å². The molecule has 0 aromatic heterocycles. The van der Waals surface area contributed by atoms with Crippen molar-refractivity contribution < 1.29 is 23.9 Å². The second kappa shape index (κ2) is 11.6. The van der Waals surface area contributed by atoms with E-state index in [0.717, 1.165) is 12.0 Å². The highest BCUT2D eigenvalue weighted by Crippen LogP contribution is 2.14. The van der Waals surface area contributed by atoms with Gasteiger partial charge in [-0.25, -0.2) is 0 Å². The summed E-state index contributed by atoms with van der Waals surface area (Å²) in [4.78, 5) is 35.9. The second-order valence-electron chi connectivity index (χ2n) is 6.69. The van der Waals surface area contributed by atoms with Gasteiger partial charge in [-0.1, -0.05) is 31.2 Å². The topological polar surface area (TPSA) is 93.7 Å². The minimum atomic E-state index is -0.690. The summed E-state index contributed by atoms with van der Waals surface area (Å²) in [5.74, 6) is -0.851. The van der Waals surface area contributed by atoms with Crippen molar-refractivity contribution in [3.63, 3.8) is 0 Å². The molecule has 7 heteroatoms. The van der Waals surface area contributed by atoms with Crippen LogP contribution in [0.25, 0.3) is 0 Å². The molecule has 0 radical (unpaired) electrons. The van der Waals surface area contributed by atoms with E-state index in [2.05, 4.69) is 17.6 Å². The summed E-state index contributed by atoms with van der Waals surface area (Å²) in [6, 6.07) is 14.3. The minimum absolute atomic E-state index is 0.207. The molecular weight excluding hydrogens is 384 g/mol. The molecule has 0 bridgehead atoms. The molecule has 0 aliphatic heterocycles. The van der Waals surface area contributed by atoms with Gasteiger partial charge in [0.2, 0.25) is 0 Å². The number of carbonyl (C=O) groups excluding carboxylic acids is 3. The molecule has 0 saturated carbocycles. The molecule has 2 amide bonds. The summed E-state index contributed by atoms with van der Waals surface area (Å²) in [7, 11) is 0. The zero-order chi connectivity index (χ0) is 21.9. The van der Waals surface area contributed by atoms with Crippen molar-refractivity contribution in [2.75, 3.05) is 19.8 Å². The normalized spacial score (nSPS) is 11.3. The van der Waals surface area contributed by atoms with Crippen molar-refractivity contribution in [3.05, 3.63) is 65.2 Å². The lowest BCUT2D eigenvalue weighted by atomic mass is 10.1. The van der Waals surface area contributed by atoms with Crippen LogP contribution in [0.1, 0.15) is 48.3 Å². The van der Waals surface area contributed by atoms with E-state index in [4.69, 9.17) is 9.47 Å². The average molecular weight is 412 g/mol. The van der Waals surface area contributed by atoms with Crippen LogP contribution < -0.4 is 15.4 Å². The Balaban J connectivity index is 1.71. The van der Waals surface area contributed by atoms with Crippen LogP contribution in [0.2, 0.25) is 0 Å². The lowest BCUT2D eigenvalue weighted by molar-refractivity contribution is -0.147. The highest BCUT2D eigenvalue weighted by Gasteiger charge is 2.13. The van der Waals surface area contributed by atoms with Crippen LogP contribution >= 0.6 is 0 Å². The highest BCUT2D eigenvalue weighted by atomic mass is 16.5. The molecule has 0 heterocycles. The Morgan fingerprint density at radius 1 is 0.967 bits per heavy atom. The van der Waals surface area contributed by atoms with E-state index < -0.39 is 24.4 Å². The largest absolute Gasteiger partial charge is 0.494 e. The predicted octanol–water partition coefficient (Wildman–Crippen LogP) is 2.80. The number of ether oxygens (including phenoxy) is 2. The third-order valence-electron chi connectivity index (χ3n) is 4.45. The van der Waals surface area contributed by atoms with Gasteiger partial charge in [-0.15, -0.1) is 0 Å².